The van der Waals surface area contributed by atoms with Crippen molar-refractivity contribution in [1.82, 2.24) is 10.2 Å². The summed E-state index contributed by atoms with van der Waals surface area (Å²) in [5.74, 6) is 0.695. The second-order valence-corrected chi connectivity index (χ2v) is 5.34. The summed E-state index contributed by atoms with van der Waals surface area (Å²) in [6, 6.07) is 6.20. The number of carbonyl (C=O) groups is 1. The first kappa shape index (κ1) is 14.8. The highest BCUT2D eigenvalue weighted by molar-refractivity contribution is 5.93. The van der Waals surface area contributed by atoms with E-state index in [-0.39, 0.29) is 5.91 Å². The van der Waals surface area contributed by atoms with Crippen molar-refractivity contribution in [2.24, 2.45) is 0 Å². The Morgan fingerprint density at radius 1 is 1.55 bits per heavy atom. The monoisotopic (exact) mass is 277 g/mol. The number of anilines is 1. The zero-order valence-electron chi connectivity index (χ0n) is 12.4. The Labute approximate surface area is 120 Å². The third-order valence-electron chi connectivity index (χ3n) is 3.45. The van der Waals surface area contributed by atoms with E-state index in [0.717, 1.165) is 30.9 Å². The van der Waals surface area contributed by atoms with Crippen LogP contribution in [0.5, 0.6) is 5.75 Å². The highest BCUT2D eigenvalue weighted by Crippen LogP contribution is 2.25. The summed E-state index contributed by atoms with van der Waals surface area (Å²) in [5, 5.41) is 6.31. The Morgan fingerprint density at radius 2 is 2.35 bits per heavy atom. The van der Waals surface area contributed by atoms with Crippen LogP contribution < -0.4 is 15.4 Å². The summed E-state index contributed by atoms with van der Waals surface area (Å²) in [5.41, 5.74) is 1.83. The molecule has 0 spiro atoms. The summed E-state index contributed by atoms with van der Waals surface area (Å²) in [6.07, 6.45) is 0. The summed E-state index contributed by atoms with van der Waals surface area (Å²) < 4.78 is 5.27. The van der Waals surface area contributed by atoms with Gasteiger partial charge in [-0.25, -0.2) is 0 Å². The van der Waals surface area contributed by atoms with Gasteiger partial charge in [0.05, 0.1) is 19.3 Å². The van der Waals surface area contributed by atoms with Gasteiger partial charge in [0.2, 0.25) is 5.91 Å². The summed E-state index contributed by atoms with van der Waals surface area (Å²) >= 11 is 0. The second kappa shape index (κ2) is 6.72. The Hall–Kier alpha value is -1.59. The second-order valence-electron chi connectivity index (χ2n) is 5.34. The number of methoxy groups -OCH3 is 1. The quantitative estimate of drug-likeness (QED) is 0.869. The molecule has 5 nitrogen and oxygen atoms in total. The van der Waals surface area contributed by atoms with Crippen LogP contribution in [0.25, 0.3) is 0 Å². The minimum absolute atomic E-state index is 0.00278. The molecule has 0 aromatic heterocycles. The van der Waals surface area contributed by atoms with E-state index in [1.165, 1.54) is 0 Å². The van der Waals surface area contributed by atoms with Gasteiger partial charge in [0.15, 0.2) is 0 Å². The first-order valence-corrected chi connectivity index (χ1v) is 6.98. The van der Waals surface area contributed by atoms with Crippen molar-refractivity contribution in [2.45, 2.75) is 19.9 Å². The highest BCUT2D eigenvalue weighted by Gasteiger charge is 2.18. The number of amides is 1. The van der Waals surface area contributed by atoms with Crippen LogP contribution in [-0.2, 0) is 4.79 Å². The minimum atomic E-state index is 0.00278. The zero-order valence-corrected chi connectivity index (χ0v) is 12.4. The van der Waals surface area contributed by atoms with Gasteiger partial charge < -0.3 is 15.4 Å². The molecule has 2 N–H and O–H groups in total. The summed E-state index contributed by atoms with van der Waals surface area (Å²) in [7, 11) is 1.61. The van der Waals surface area contributed by atoms with E-state index < -0.39 is 0 Å². The van der Waals surface area contributed by atoms with Gasteiger partial charge in [0.25, 0.3) is 0 Å². The van der Waals surface area contributed by atoms with E-state index >= 15 is 0 Å². The van der Waals surface area contributed by atoms with Gasteiger partial charge in [0.1, 0.15) is 5.75 Å². The number of nitrogens with zero attached hydrogens (tertiary/aromatic N) is 1. The van der Waals surface area contributed by atoms with Crippen molar-refractivity contribution < 1.29 is 9.53 Å². The molecule has 1 amide bonds. The summed E-state index contributed by atoms with van der Waals surface area (Å²) in [6.45, 7) is 7.28. The van der Waals surface area contributed by atoms with Gasteiger partial charge in [-0.05, 0) is 31.5 Å². The van der Waals surface area contributed by atoms with Gasteiger partial charge >= 0.3 is 0 Å². The fourth-order valence-electron chi connectivity index (χ4n) is 2.47. The van der Waals surface area contributed by atoms with Crippen LogP contribution in [0.2, 0.25) is 0 Å². The van der Waals surface area contributed by atoms with Crippen LogP contribution >= 0.6 is 0 Å². The fourth-order valence-corrected chi connectivity index (χ4v) is 2.47. The maximum atomic E-state index is 12.1. The molecule has 1 heterocycles. The van der Waals surface area contributed by atoms with E-state index in [4.69, 9.17) is 4.74 Å². The average Bonchev–Trinajstić information content (AvgIpc) is 2.38. The number of piperazine rings is 1. The van der Waals surface area contributed by atoms with Crippen LogP contribution in [0.4, 0.5) is 5.69 Å². The van der Waals surface area contributed by atoms with E-state index in [1.54, 1.807) is 7.11 Å². The van der Waals surface area contributed by atoms with E-state index in [0.29, 0.717) is 18.3 Å². The average molecular weight is 277 g/mol. The molecule has 0 saturated carbocycles. The molecule has 0 aliphatic carbocycles. The number of carbonyl (C=O) groups excluding carboxylic acids is 1. The highest BCUT2D eigenvalue weighted by atomic mass is 16.5. The Bertz CT molecular complexity index is 476. The fraction of sp³-hybridized carbons (Fsp3) is 0.533. The van der Waals surface area contributed by atoms with Crippen molar-refractivity contribution in [3.05, 3.63) is 23.8 Å². The molecule has 1 fully saturated rings. The third kappa shape index (κ3) is 3.95. The first-order valence-electron chi connectivity index (χ1n) is 6.98. The Balaban J connectivity index is 1.95. The molecule has 2 rings (SSSR count). The molecule has 110 valence electrons. The van der Waals surface area contributed by atoms with Crippen molar-refractivity contribution in [3.8, 4) is 5.75 Å². The van der Waals surface area contributed by atoms with Crippen molar-refractivity contribution >= 4 is 11.6 Å². The van der Waals surface area contributed by atoms with Crippen molar-refractivity contribution in [3.63, 3.8) is 0 Å². The van der Waals surface area contributed by atoms with Crippen LogP contribution in [-0.4, -0.2) is 50.1 Å². The molecule has 1 aliphatic rings. The predicted octanol–water partition coefficient (Wildman–Crippen LogP) is 1.24. The third-order valence-corrected chi connectivity index (χ3v) is 3.45. The first-order chi connectivity index (χ1) is 9.58. The van der Waals surface area contributed by atoms with Gasteiger partial charge in [0, 0.05) is 25.7 Å². The van der Waals surface area contributed by atoms with Gasteiger partial charge in [-0.1, -0.05) is 6.07 Å². The van der Waals surface area contributed by atoms with Crippen LogP contribution in [0, 0.1) is 6.92 Å². The number of ether oxygens (including phenoxy) is 1. The SMILES string of the molecule is COc1ccc(C)cc1NC(=O)CN1CCN[C@H](C)C1. The minimum Gasteiger partial charge on any atom is -0.495 e. The number of nitrogens with one attached hydrogen (secondary N) is 2. The smallest absolute Gasteiger partial charge is 0.238 e. The number of hydrogen-bond donors (Lipinski definition) is 2. The molecule has 1 saturated heterocycles. The molecule has 1 aromatic rings. The molecule has 5 heteroatoms. The normalized spacial score (nSPS) is 19.6. The zero-order chi connectivity index (χ0) is 14.5. The Morgan fingerprint density at radius 3 is 3.05 bits per heavy atom. The molecular weight excluding hydrogens is 254 g/mol. The largest absolute Gasteiger partial charge is 0.495 e. The standard InChI is InChI=1S/C15H23N3O2/c1-11-4-5-14(20-3)13(8-11)17-15(19)10-18-7-6-16-12(2)9-18/h4-5,8,12,16H,6-7,9-10H2,1-3H3,(H,17,19)/t12-/m1/s1. The van der Waals surface area contributed by atoms with E-state index in [1.807, 2.05) is 25.1 Å². The summed E-state index contributed by atoms with van der Waals surface area (Å²) in [4.78, 5) is 14.3. The number of benzene rings is 1. The van der Waals surface area contributed by atoms with Gasteiger partial charge in [-0.3, -0.25) is 9.69 Å². The predicted molar refractivity (Wildman–Crippen MR) is 80.3 cm³/mol. The van der Waals surface area contributed by atoms with Crippen LogP contribution in [0.3, 0.4) is 0 Å². The molecule has 20 heavy (non-hydrogen) atoms. The van der Waals surface area contributed by atoms with E-state index in [2.05, 4.69) is 22.5 Å². The van der Waals surface area contributed by atoms with Gasteiger partial charge in [-0.2, -0.15) is 0 Å². The lowest BCUT2D eigenvalue weighted by atomic mass is 10.2. The molecule has 1 aliphatic heterocycles. The Kier molecular flexibility index (Phi) is 4.98. The van der Waals surface area contributed by atoms with Crippen molar-refractivity contribution in [2.75, 3.05) is 38.6 Å². The van der Waals surface area contributed by atoms with Crippen LogP contribution in [0.1, 0.15) is 12.5 Å². The van der Waals surface area contributed by atoms with Gasteiger partial charge in [-0.15, -0.1) is 0 Å². The molecule has 0 radical (unpaired) electrons. The molecule has 0 bridgehead atoms. The number of aryl methyl sites for hydroxylation is 1. The molecule has 0 unspecified atom stereocenters. The molecule has 1 atom stereocenters. The lowest BCUT2D eigenvalue weighted by molar-refractivity contribution is -0.117. The number of rotatable bonds is 4. The maximum absolute atomic E-state index is 12.1. The maximum Gasteiger partial charge on any atom is 0.238 e. The topological polar surface area (TPSA) is 53.6 Å². The molecule has 1 aromatic carbocycles. The van der Waals surface area contributed by atoms with E-state index in [9.17, 15) is 4.79 Å². The lowest BCUT2D eigenvalue weighted by Gasteiger charge is -2.31. The van der Waals surface area contributed by atoms with Crippen LogP contribution in [0.15, 0.2) is 18.2 Å². The number of hydrogen-bond acceptors (Lipinski definition) is 4. The lowest BCUT2D eigenvalue weighted by Crippen LogP contribution is -2.51. The van der Waals surface area contributed by atoms with Crippen molar-refractivity contribution in [1.29, 1.82) is 0 Å². The molecular formula is C15H23N3O2.